The van der Waals surface area contributed by atoms with Crippen molar-refractivity contribution in [2.45, 2.75) is 20.4 Å². The molecule has 0 radical (unpaired) electrons. The van der Waals surface area contributed by atoms with E-state index >= 15 is 0 Å². The number of aryl methyl sites for hydroxylation is 3. The van der Waals surface area contributed by atoms with Gasteiger partial charge in [-0.25, -0.2) is 0 Å². The first-order valence-electron chi connectivity index (χ1n) is 6.92. The van der Waals surface area contributed by atoms with Crippen molar-refractivity contribution < 1.29 is 0 Å². The molecule has 0 aliphatic rings. The molecule has 2 aromatic heterocycles. The SMILES string of the molecule is Cc1ccc(Cn2cc(N)c(-c3cn(C)nc3C)n2)cc1. The summed E-state index contributed by atoms with van der Waals surface area (Å²) in [5, 5.41) is 8.95. The van der Waals surface area contributed by atoms with Crippen LogP contribution < -0.4 is 5.73 Å². The highest BCUT2D eigenvalue weighted by Crippen LogP contribution is 2.26. The van der Waals surface area contributed by atoms with Crippen LogP contribution in [0.25, 0.3) is 11.3 Å². The van der Waals surface area contributed by atoms with Crippen molar-refractivity contribution in [3.63, 3.8) is 0 Å². The molecule has 0 bridgehead atoms. The number of benzene rings is 1. The summed E-state index contributed by atoms with van der Waals surface area (Å²) in [7, 11) is 1.90. The van der Waals surface area contributed by atoms with Crippen molar-refractivity contribution in [3.8, 4) is 11.3 Å². The fourth-order valence-corrected chi connectivity index (χ4v) is 2.44. The van der Waals surface area contributed by atoms with Gasteiger partial charge in [-0.1, -0.05) is 29.8 Å². The maximum atomic E-state index is 6.11. The summed E-state index contributed by atoms with van der Waals surface area (Å²) in [5.74, 6) is 0. The van der Waals surface area contributed by atoms with Crippen LogP contribution in [-0.2, 0) is 13.6 Å². The van der Waals surface area contributed by atoms with E-state index in [0.29, 0.717) is 12.2 Å². The van der Waals surface area contributed by atoms with Crippen molar-refractivity contribution in [2.75, 3.05) is 5.73 Å². The third-order valence-electron chi connectivity index (χ3n) is 3.52. The molecule has 0 aliphatic heterocycles. The monoisotopic (exact) mass is 281 g/mol. The standard InChI is InChI=1S/C16H19N5/c1-11-4-6-13(7-5-11)8-21-10-15(17)16(19-21)14-9-20(3)18-12(14)2/h4-7,9-10H,8,17H2,1-3H3. The van der Waals surface area contributed by atoms with E-state index in [0.717, 1.165) is 17.0 Å². The molecule has 3 rings (SSSR count). The van der Waals surface area contributed by atoms with Crippen LogP contribution in [0.4, 0.5) is 5.69 Å². The van der Waals surface area contributed by atoms with Gasteiger partial charge in [0.1, 0.15) is 5.69 Å². The molecule has 0 unspecified atom stereocenters. The number of rotatable bonds is 3. The number of aromatic nitrogens is 4. The molecule has 0 aliphatic carbocycles. The Morgan fingerprint density at radius 2 is 1.76 bits per heavy atom. The van der Waals surface area contributed by atoms with Gasteiger partial charge in [0, 0.05) is 25.0 Å². The number of nitrogens with zero attached hydrogens (tertiary/aromatic N) is 4. The zero-order valence-corrected chi connectivity index (χ0v) is 12.5. The molecule has 2 N–H and O–H groups in total. The summed E-state index contributed by atoms with van der Waals surface area (Å²) in [6.45, 7) is 4.76. The summed E-state index contributed by atoms with van der Waals surface area (Å²) < 4.78 is 3.66. The Labute approximate surface area is 124 Å². The average Bonchev–Trinajstić information content (AvgIpc) is 2.95. The van der Waals surface area contributed by atoms with Gasteiger partial charge in [-0.05, 0) is 19.4 Å². The Balaban J connectivity index is 1.91. The van der Waals surface area contributed by atoms with E-state index in [-0.39, 0.29) is 0 Å². The van der Waals surface area contributed by atoms with Crippen molar-refractivity contribution in [2.24, 2.45) is 7.05 Å². The lowest BCUT2D eigenvalue weighted by Crippen LogP contribution is -2.00. The van der Waals surface area contributed by atoms with Crippen molar-refractivity contribution >= 4 is 5.69 Å². The van der Waals surface area contributed by atoms with E-state index in [1.54, 1.807) is 4.68 Å². The fraction of sp³-hybridized carbons (Fsp3) is 0.250. The second-order valence-corrected chi connectivity index (χ2v) is 5.42. The third-order valence-corrected chi connectivity index (χ3v) is 3.52. The summed E-state index contributed by atoms with van der Waals surface area (Å²) in [6, 6.07) is 8.44. The highest BCUT2D eigenvalue weighted by molar-refractivity contribution is 5.73. The van der Waals surface area contributed by atoms with Crippen LogP contribution in [0.2, 0.25) is 0 Å². The van der Waals surface area contributed by atoms with Gasteiger partial charge in [0.2, 0.25) is 0 Å². The van der Waals surface area contributed by atoms with Gasteiger partial charge in [0.05, 0.1) is 17.9 Å². The van der Waals surface area contributed by atoms with Gasteiger partial charge in [-0.15, -0.1) is 0 Å². The summed E-state index contributed by atoms with van der Waals surface area (Å²) in [4.78, 5) is 0. The molecule has 3 aromatic rings. The van der Waals surface area contributed by atoms with Crippen LogP contribution in [0.3, 0.4) is 0 Å². The first-order chi connectivity index (χ1) is 10.0. The fourth-order valence-electron chi connectivity index (χ4n) is 2.44. The molecular formula is C16H19N5. The smallest absolute Gasteiger partial charge is 0.119 e. The van der Waals surface area contributed by atoms with Gasteiger partial charge < -0.3 is 5.73 Å². The third kappa shape index (κ3) is 2.67. The second kappa shape index (κ2) is 5.09. The maximum Gasteiger partial charge on any atom is 0.119 e. The molecule has 5 nitrogen and oxygen atoms in total. The Morgan fingerprint density at radius 1 is 1.05 bits per heavy atom. The number of nitrogens with two attached hydrogens (primary N) is 1. The maximum absolute atomic E-state index is 6.11. The van der Waals surface area contributed by atoms with Crippen molar-refractivity contribution in [3.05, 3.63) is 53.5 Å². The molecule has 5 heteroatoms. The zero-order chi connectivity index (χ0) is 15.0. The quantitative estimate of drug-likeness (QED) is 0.802. The minimum atomic E-state index is 0.679. The first kappa shape index (κ1) is 13.4. The van der Waals surface area contributed by atoms with Crippen LogP contribution in [0, 0.1) is 13.8 Å². The largest absolute Gasteiger partial charge is 0.396 e. The van der Waals surface area contributed by atoms with E-state index in [9.17, 15) is 0 Å². The van der Waals surface area contributed by atoms with E-state index in [4.69, 9.17) is 5.73 Å². The summed E-state index contributed by atoms with van der Waals surface area (Å²) in [6.07, 6.45) is 3.83. The Kier molecular flexibility index (Phi) is 3.25. The van der Waals surface area contributed by atoms with Crippen molar-refractivity contribution in [1.29, 1.82) is 0 Å². The normalized spacial score (nSPS) is 11.0. The van der Waals surface area contributed by atoms with E-state index in [2.05, 4.69) is 41.4 Å². The Hall–Kier alpha value is -2.56. The molecule has 2 heterocycles. The van der Waals surface area contributed by atoms with Crippen LogP contribution in [0.15, 0.2) is 36.7 Å². The zero-order valence-electron chi connectivity index (χ0n) is 12.5. The Bertz CT molecular complexity index is 765. The van der Waals surface area contributed by atoms with E-state index < -0.39 is 0 Å². The Morgan fingerprint density at radius 3 is 2.38 bits per heavy atom. The molecule has 0 spiro atoms. The van der Waals surface area contributed by atoms with Gasteiger partial charge in [0.25, 0.3) is 0 Å². The van der Waals surface area contributed by atoms with Gasteiger partial charge in [0.15, 0.2) is 0 Å². The lowest BCUT2D eigenvalue weighted by molar-refractivity contribution is 0.689. The van der Waals surface area contributed by atoms with Crippen LogP contribution in [0.1, 0.15) is 16.8 Å². The van der Waals surface area contributed by atoms with Crippen LogP contribution >= 0.6 is 0 Å². The predicted octanol–water partition coefficient (Wildman–Crippen LogP) is 2.53. The van der Waals surface area contributed by atoms with Gasteiger partial charge in [-0.3, -0.25) is 9.36 Å². The number of hydrogen-bond donors (Lipinski definition) is 1. The molecule has 0 atom stereocenters. The molecule has 1 aromatic carbocycles. The van der Waals surface area contributed by atoms with Gasteiger partial charge >= 0.3 is 0 Å². The minimum absolute atomic E-state index is 0.679. The number of hydrogen-bond acceptors (Lipinski definition) is 3. The lowest BCUT2D eigenvalue weighted by Gasteiger charge is -2.02. The topological polar surface area (TPSA) is 61.7 Å². The van der Waals surface area contributed by atoms with Crippen LogP contribution in [0.5, 0.6) is 0 Å². The lowest BCUT2D eigenvalue weighted by atomic mass is 10.1. The minimum Gasteiger partial charge on any atom is -0.396 e. The molecule has 0 fully saturated rings. The molecular weight excluding hydrogens is 262 g/mol. The molecule has 108 valence electrons. The van der Waals surface area contributed by atoms with E-state index in [1.807, 2.05) is 31.0 Å². The highest BCUT2D eigenvalue weighted by Gasteiger charge is 2.13. The second-order valence-electron chi connectivity index (χ2n) is 5.42. The number of anilines is 1. The predicted molar refractivity (Wildman–Crippen MR) is 83.9 cm³/mol. The molecule has 0 amide bonds. The molecule has 21 heavy (non-hydrogen) atoms. The van der Waals surface area contributed by atoms with Gasteiger partial charge in [-0.2, -0.15) is 10.2 Å². The average molecular weight is 281 g/mol. The summed E-state index contributed by atoms with van der Waals surface area (Å²) >= 11 is 0. The molecule has 0 saturated carbocycles. The summed E-state index contributed by atoms with van der Waals surface area (Å²) in [5.41, 5.74) is 12.0. The highest BCUT2D eigenvalue weighted by atomic mass is 15.3. The molecule has 0 saturated heterocycles. The van der Waals surface area contributed by atoms with Crippen LogP contribution in [-0.4, -0.2) is 19.6 Å². The van der Waals surface area contributed by atoms with Crippen molar-refractivity contribution in [1.82, 2.24) is 19.6 Å². The first-order valence-corrected chi connectivity index (χ1v) is 6.92. The van der Waals surface area contributed by atoms with E-state index in [1.165, 1.54) is 11.1 Å². The number of nitrogen functional groups attached to an aromatic ring is 1.